The number of hydrogen-bond acceptors (Lipinski definition) is 4. The normalized spacial score (nSPS) is 18.7. The number of rotatable bonds is 6. The molecule has 0 radical (unpaired) electrons. The molecule has 1 saturated carbocycles. The van der Waals surface area contributed by atoms with Gasteiger partial charge in [-0.15, -0.1) is 0 Å². The van der Waals surface area contributed by atoms with Gasteiger partial charge in [-0.1, -0.05) is 12.1 Å². The van der Waals surface area contributed by atoms with E-state index < -0.39 is 17.7 Å². The zero-order valence-corrected chi connectivity index (χ0v) is 14.8. The minimum absolute atomic E-state index is 0.00399. The molecule has 2 N–H and O–H groups in total. The van der Waals surface area contributed by atoms with Crippen molar-refractivity contribution in [2.45, 2.75) is 19.3 Å². The summed E-state index contributed by atoms with van der Waals surface area (Å²) in [7, 11) is 1.50. The van der Waals surface area contributed by atoms with Gasteiger partial charge in [-0.25, -0.2) is 4.39 Å². The Morgan fingerprint density at radius 2 is 1.78 bits per heavy atom. The van der Waals surface area contributed by atoms with E-state index in [1.54, 1.807) is 24.3 Å². The summed E-state index contributed by atoms with van der Waals surface area (Å²) >= 11 is 0. The number of benzene rings is 2. The summed E-state index contributed by atoms with van der Waals surface area (Å²) in [6.45, 7) is 0. The summed E-state index contributed by atoms with van der Waals surface area (Å²) in [5, 5.41) is 11.7. The van der Waals surface area contributed by atoms with Crippen molar-refractivity contribution in [3.63, 3.8) is 0 Å². The minimum Gasteiger partial charge on any atom is -0.493 e. The van der Waals surface area contributed by atoms with Crippen molar-refractivity contribution >= 4 is 17.6 Å². The number of aliphatic carboxylic acids is 1. The lowest BCUT2D eigenvalue weighted by molar-refractivity contribution is -0.141. The van der Waals surface area contributed by atoms with E-state index in [4.69, 9.17) is 14.6 Å². The van der Waals surface area contributed by atoms with Gasteiger partial charge in [0.05, 0.1) is 13.0 Å². The Morgan fingerprint density at radius 3 is 2.41 bits per heavy atom. The molecule has 0 heterocycles. The molecule has 2 atom stereocenters. The van der Waals surface area contributed by atoms with E-state index >= 15 is 0 Å². The van der Waals surface area contributed by atoms with E-state index in [1.807, 2.05) is 0 Å². The van der Waals surface area contributed by atoms with E-state index in [2.05, 4.69) is 5.32 Å². The van der Waals surface area contributed by atoms with E-state index in [-0.39, 0.29) is 17.6 Å². The van der Waals surface area contributed by atoms with Crippen LogP contribution in [0.3, 0.4) is 0 Å². The lowest BCUT2D eigenvalue weighted by Crippen LogP contribution is -2.21. The predicted molar refractivity (Wildman–Crippen MR) is 96.6 cm³/mol. The average molecular weight is 373 g/mol. The third-order valence-electron chi connectivity index (χ3n) is 4.64. The molecule has 1 aliphatic rings. The Kier molecular flexibility index (Phi) is 5.59. The Labute approximate surface area is 155 Å². The number of carboxylic acid groups (broad SMARTS) is 1. The minimum atomic E-state index is -0.880. The van der Waals surface area contributed by atoms with E-state index in [1.165, 1.54) is 25.3 Å². The van der Waals surface area contributed by atoms with Gasteiger partial charge in [0.2, 0.25) is 5.91 Å². The number of para-hydroxylation sites is 2. The number of anilines is 1. The first-order valence-electron chi connectivity index (χ1n) is 8.62. The second kappa shape index (κ2) is 8.07. The Bertz CT molecular complexity index is 854. The molecule has 0 unspecified atom stereocenters. The number of halogens is 1. The van der Waals surface area contributed by atoms with E-state index in [9.17, 15) is 14.0 Å². The highest BCUT2D eigenvalue weighted by Gasteiger charge is 2.33. The molecule has 1 fully saturated rings. The molecule has 2 aromatic carbocycles. The number of hydrogen-bond donors (Lipinski definition) is 2. The quantitative estimate of drug-likeness (QED) is 0.797. The molecule has 0 aliphatic heterocycles. The summed E-state index contributed by atoms with van der Waals surface area (Å²) in [4.78, 5) is 23.3. The fraction of sp³-hybridized carbons (Fsp3) is 0.300. The predicted octanol–water partition coefficient (Wildman–Crippen LogP) is 4.07. The van der Waals surface area contributed by atoms with Crippen molar-refractivity contribution in [1.82, 2.24) is 0 Å². The molecule has 7 heteroatoms. The van der Waals surface area contributed by atoms with Crippen LogP contribution in [0.4, 0.5) is 10.1 Å². The van der Waals surface area contributed by atoms with Crippen LogP contribution >= 0.6 is 0 Å². The molecule has 0 aromatic heterocycles. The summed E-state index contributed by atoms with van der Waals surface area (Å²) < 4.78 is 25.1. The Hall–Kier alpha value is -3.09. The first-order chi connectivity index (χ1) is 13.0. The summed E-state index contributed by atoms with van der Waals surface area (Å²) in [6, 6.07) is 11.0. The monoisotopic (exact) mass is 373 g/mol. The van der Waals surface area contributed by atoms with Crippen molar-refractivity contribution in [3.05, 3.63) is 48.3 Å². The van der Waals surface area contributed by atoms with Gasteiger partial charge < -0.3 is 19.9 Å². The molecular weight excluding hydrogens is 353 g/mol. The average Bonchev–Trinajstić information content (AvgIpc) is 3.15. The van der Waals surface area contributed by atoms with Crippen molar-refractivity contribution in [2.75, 3.05) is 12.4 Å². The topological polar surface area (TPSA) is 84.9 Å². The van der Waals surface area contributed by atoms with Gasteiger partial charge in [-0.05, 0) is 43.5 Å². The molecule has 1 amide bonds. The van der Waals surface area contributed by atoms with Gasteiger partial charge in [0.15, 0.2) is 23.1 Å². The number of carbonyl (C=O) groups excluding carboxylic acids is 1. The van der Waals surface area contributed by atoms with Gasteiger partial charge in [0.1, 0.15) is 0 Å². The Morgan fingerprint density at radius 1 is 1.07 bits per heavy atom. The van der Waals surface area contributed by atoms with Crippen LogP contribution in [0, 0.1) is 17.7 Å². The maximum absolute atomic E-state index is 14.4. The number of methoxy groups -OCH3 is 1. The molecule has 0 saturated heterocycles. The highest BCUT2D eigenvalue weighted by atomic mass is 19.1. The number of amides is 1. The SMILES string of the molecule is COc1ccccc1Oc1ccc(NC(=O)[C@@H]2CC[C@H](C(=O)O)C2)cc1F. The molecule has 0 bridgehead atoms. The van der Waals surface area contributed by atoms with Crippen LogP contribution in [-0.2, 0) is 9.59 Å². The number of nitrogens with one attached hydrogen (secondary N) is 1. The zero-order valence-electron chi connectivity index (χ0n) is 14.8. The molecule has 27 heavy (non-hydrogen) atoms. The Balaban J connectivity index is 1.66. The van der Waals surface area contributed by atoms with E-state index in [0.717, 1.165) is 0 Å². The van der Waals surface area contributed by atoms with Gasteiger partial charge in [0.25, 0.3) is 0 Å². The summed E-state index contributed by atoms with van der Waals surface area (Å²) in [5.74, 6) is -1.82. The fourth-order valence-electron chi connectivity index (χ4n) is 3.17. The van der Waals surface area contributed by atoms with Gasteiger partial charge in [-0.3, -0.25) is 9.59 Å². The lowest BCUT2D eigenvalue weighted by atomic mass is 10.0. The van der Waals surface area contributed by atoms with Gasteiger partial charge in [0, 0.05) is 17.7 Å². The van der Waals surface area contributed by atoms with Crippen LogP contribution in [0.2, 0.25) is 0 Å². The molecular formula is C20H20FNO5. The molecule has 0 spiro atoms. The molecule has 2 aromatic rings. The van der Waals surface area contributed by atoms with Crippen LogP contribution < -0.4 is 14.8 Å². The van der Waals surface area contributed by atoms with Crippen molar-refractivity contribution < 1.29 is 28.6 Å². The molecule has 3 rings (SSSR count). The van der Waals surface area contributed by atoms with Crippen LogP contribution in [0.1, 0.15) is 19.3 Å². The fourth-order valence-corrected chi connectivity index (χ4v) is 3.17. The van der Waals surface area contributed by atoms with Crippen molar-refractivity contribution in [2.24, 2.45) is 11.8 Å². The number of carbonyl (C=O) groups is 2. The first-order valence-corrected chi connectivity index (χ1v) is 8.62. The second-order valence-corrected chi connectivity index (χ2v) is 6.43. The highest BCUT2D eigenvalue weighted by Crippen LogP contribution is 2.34. The number of carboxylic acids is 1. The summed E-state index contributed by atoms with van der Waals surface area (Å²) in [5.41, 5.74) is 0.295. The maximum atomic E-state index is 14.4. The highest BCUT2D eigenvalue weighted by molar-refractivity contribution is 5.93. The zero-order chi connectivity index (χ0) is 19.4. The standard InChI is InChI=1S/C20H20FNO5/c1-26-17-4-2-3-5-18(17)27-16-9-8-14(11-15(16)21)22-19(23)12-6-7-13(10-12)20(24)25/h2-5,8-9,11-13H,6-7,10H2,1H3,(H,22,23)(H,24,25)/t12-,13+/m1/s1. The van der Waals surface area contributed by atoms with Crippen LogP contribution in [0.5, 0.6) is 17.2 Å². The van der Waals surface area contributed by atoms with Crippen molar-refractivity contribution in [1.29, 1.82) is 0 Å². The van der Waals surface area contributed by atoms with Gasteiger partial charge >= 0.3 is 5.97 Å². The largest absolute Gasteiger partial charge is 0.493 e. The summed E-state index contributed by atoms with van der Waals surface area (Å²) in [6.07, 6.45) is 1.30. The second-order valence-electron chi connectivity index (χ2n) is 6.43. The lowest BCUT2D eigenvalue weighted by Gasteiger charge is -2.13. The van der Waals surface area contributed by atoms with Crippen LogP contribution in [0.15, 0.2) is 42.5 Å². The smallest absolute Gasteiger partial charge is 0.306 e. The maximum Gasteiger partial charge on any atom is 0.306 e. The first kappa shape index (κ1) is 18.7. The van der Waals surface area contributed by atoms with Crippen LogP contribution in [0.25, 0.3) is 0 Å². The number of ether oxygens (including phenoxy) is 2. The van der Waals surface area contributed by atoms with Crippen LogP contribution in [-0.4, -0.2) is 24.1 Å². The third-order valence-corrected chi connectivity index (χ3v) is 4.64. The molecule has 6 nitrogen and oxygen atoms in total. The third kappa shape index (κ3) is 4.36. The van der Waals surface area contributed by atoms with E-state index in [0.29, 0.717) is 36.4 Å². The molecule has 1 aliphatic carbocycles. The molecule has 142 valence electrons. The van der Waals surface area contributed by atoms with Gasteiger partial charge in [-0.2, -0.15) is 0 Å². The van der Waals surface area contributed by atoms with Crippen molar-refractivity contribution in [3.8, 4) is 17.2 Å².